The Kier molecular flexibility index (Phi) is 3.35. The van der Waals surface area contributed by atoms with E-state index in [1.165, 1.54) is 8.82 Å². The van der Waals surface area contributed by atoms with Gasteiger partial charge in [0.15, 0.2) is 5.65 Å². The summed E-state index contributed by atoms with van der Waals surface area (Å²) < 4.78 is 29.4. The smallest absolute Gasteiger partial charge is 0.266 e. The van der Waals surface area contributed by atoms with Gasteiger partial charge in [-0.2, -0.15) is 5.10 Å². The molecule has 0 aliphatic carbocycles. The van der Waals surface area contributed by atoms with Gasteiger partial charge in [-0.05, 0) is 19.4 Å². The molecule has 0 fully saturated rings. The number of sulfonamides is 1. The molecule has 1 aliphatic heterocycles. The second-order valence-electron chi connectivity index (χ2n) is 5.99. The Morgan fingerprint density at radius 2 is 2.00 bits per heavy atom. The van der Waals surface area contributed by atoms with Gasteiger partial charge in [-0.3, -0.25) is 4.31 Å². The van der Waals surface area contributed by atoms with Gasteiger partial charge in [-0.1, -0.05) is 31.5 Å². The number of para-hydroxylation sites is 1. The highest BCUT2D eigenvalue weighted by Gasteiger charge is 2.36. The van der Waals surface area contributed by atoms with Gasteiger partial charge in [-0.25, -0.2) is 17.9 Å². The Hall–Kier alpha value is -2.41. The van der Waals surface area contributed by atoms with Crippen LogP contribution in [0.3, 0.4) is 0 Å². The highest BCUT2D eigenvalue weighted by Crippen LogP contribution is 2.41. The molecule has 0 atom stereocenters. The van der Waals surface area contributed by atoms with E-state index in [0.717, 1.165) is 24.1 Å². The first-order valence-electron chi connectivity index (χ1n) is 8.01. The lowest BCUT2D eigenvalue weighted by molar-refractivity contribution is 0.586. The summed E-state index contributed by atoms with van der Waals surface area (Å²) in [5.41, 5.74) is 3.51. The maximum absolute atomic E-state index is 13.2. The first-order valence-corrected chi connectivity index (χ1v) is 9.45. The van der Waals surface area contributed by atoms with Crippen LogP contribution in [0.5, 0.6) is 0 Å². The van der Waals surface area contributed by atoms with Crippen LogP contribution in [0.2, 0.25) is 0 Å². The molecule has 24 heavy (non-hydrogen) atoms. The number of aromatic nitrogens is 3. The molecule has 124 valence electrons. The Morgan fingerprint density at radius 3 is 2.79 bits per heavy atom. The van der Waals surface area contributed by atoms with Crippen molar-refractivity contribution in [2.75, 3.05) is 10.8 Å². The average Bonchev–Trinajstić information content (AvgIpc) is 2.92. The molecule has 1 aromatic carbocycles. The number of aryl methyl sites for hydroxylation is 1. The predicted octanol–water partition coefficient (Wildman–Crippen LogP) is 3.01. The van der Waals surface area contributed by atoms with Crippen LogP contribution < -0.4 is 4.31 Å². The summed E-state index contributed by atoms with van der Waals surface area (Å²) in [4.78, 5) is 4.80. The fraction of sp³-hybridized carbons (Fsp3) is 0.294. The number of benzene rings is 1. The van der Waals surface area contributed by atoms with Crippen molar-refractivity contribution < 1.29 is 8.42 Å². The quantitative estimate of drug-likeness (QED) is 0.734. The van der Waals surface area contributed by atoms with Gasteiger partial charge < -0.3 is 0 Å². The first kappa shape index (κ1) is 15.1. The van der Waals surface area contributed by atoms with Crippen LogP contribution in [-0.2, 0) is 10.0 Å². The molecule has 0 saturated carbocycles. The van der Waals surface area contributed by atoms with Crippen LogP contribution in [0.25, 0.3) is 16.9 Å². The molecular formula is C17H18N4O2S. The van der Waals surface area contributed by atoms with Crippen LogP contribution in [0.15, 0.2) is 41.4 Å². The second kappa shape index (κ2) is 5.31. The van der Waals surface area contributed by atoms with Crippen molar-refractivity contribution in [3.05, 3.63) is 42.2 Å². The van der Waals surface area contributed by atoms with Crippen LogP contribution in [0.4, 0.5) is 5.69 Å². The van der Waals surface area contributed by atoms with E-state index in [-0.39, 0.29) is 4.90 Å². The van der Waals surface area contributed by atoms with Gasteiger partial charge in [0.25, 0.3) is 10.0 Å². The molecule has 0 spiro atoms. The molecule has 7 heteroatoms. The predicted molar refractivity (Wildman–Crippen MR) is 92.6 cm³/mol. The second-order valence-corrected chi connectivity index (χ2v) is 7.82. The van der Waals surface area contributed by atoms with E-state index in [1.807, 2.05) is 44.2 Å². The van der Waals surface area contributed by atoms with Crippen LogP contribution >= 0.6 is 0 Å². The van der Waals surface area contributed by atoms with Crippen molar-refractivity contribution in [2.24, 2.45) is 0 Å². The molecule has 6 nitrogen and oxygen atoms in total. The van der Waals surface area contributed by atoms with E-state index in [2.05, 4.69) is 10.1 Å². The maximum atomic E-state index is 13.2. The van der Waals surface area contributed by atoms with E-state index in [9.17, 15) is 8.42 Å². The summed E-state index contributed by atoms with van der Waals surface area (Å²) in [7, 11) is -3.64. The highest BCUT2D eigenvalue weighted by atomic mass is 32.2. The average molecular weight is 342 g/mol. The van der Waals surface area contributed by atoms with Crippen LogP contribution in [0, 0.1) is 6.92 Å². The minimum atomic E-state index is -3.64. The van der Waals surface area contributed by atoms with Crippen molar-refractivity contribution in [1.82, 2.24) is 14.6 Å². The van der Waals surface area contributed by atoms with Gasteiger partial charge >= 0.3 is 0 Å². The molecule has 1 aliphatic rings. The van der Waals surface area contributed by atoms with E-state index in [1.54, 1.807) is 6.20 Å². The monoisotopic (exact) mass is 342 g/mol. The van der Waals surface area contributed by atoms with Gasteiger partial charge in [-0.15, -0.1) is 0 Å². The number of fused-ring (bicyclic) bond motifs is 4. The lowest BCUT2D eigenvalue weighted by Crippen LogP contribution is -2.35. The van der Waals surface area contributed by atoms with Gasteiger partial charge in [0.2, 0.25) is 0 Å². The number of anilines is 1. The summed E-state index contributed by atoms with van der Waals surface area (Å²) in [5, 5.41) is 4.30. The van der Waals surface area contributed by atoms with Crippen molar-refractivity contribution in [1.29, 1.82) is 0 Å². The zero-order valence-electron chi connectivity index (χ0n) is 13.6. The third-order valence-corrected chi connectivity index (χ3v) is 6.06. The zero-order valence-corrected chi connectivity index (χ0v) is 14.4. The minimum absolute atomic E-state index is 0.216. The molecule has 2 aromatic heterocycles. The number of hydrogen-bond acceptors (Lipinski definition) is 4. The molecule has 0 amide bonds. The van der Waals surface area contributed by atoms with Crippen molar-refractivity contribution >= 4 is 21.4 Å². The molecule has 3 aromatic rings. The molecule has 0 bridgehead atoms. The molecule has 0 radical (unpaired) electrons. The summed E-state index contributed by atoms with van der Waals surface area (Å²) >= 11 is 0. The normalized spacial score (nSPS) is 15.3. The third kappa shape index (κ3) is 2.11. The fourth-order valence-electron chi connectivity index (χ4n) is 3.09. The molecule has 0 unspecified atom stereocenters. The zero-order chi connectivity index (χ0) is 16.9. The lowest BCUT2D eigenvalue weighted by Gasteiger charge is -2.31. The van der Waals surface area contributed by atoms with E-state index >= 15 is 0 Å². The number of rotatable bonds is 3. The molecular weight excluding hydrogens is 324 g/mol. The van der Waals surface area contributed by atoms with E-state index in [4.69, 9.17) is 0 Å². The van der Waals surface area contributed by atoms with Crippen molar-refractivity contribution in [3.63, 3.8) is 0 Å². The maximum Gasteiger partial charge on any atom is 0.268 e. The molecule has 0 saturated heterocycles. The van der Waals surface area contributed by atoms with Crippen LogP contribution in [-0.4, -0.2) is 29.6 Å². The Bertz CT molecular complexity index is 1040. The standard InChI is InChI=1S/C17H18N4O2S/c1-3-4-9-21-14-8-6-5-7-13(14)17-15(24(21,22)23)11-20-16(18-17)10-12(2)19-20/h5-8,10-11H,3-4,9H2,1-2H3. The summed E-state index contributed by atoms with van der Waals surface area (Å²) in [5.74, 6) is 0. The summed E-state index contributed by atoms with van der Waals surface area (Å²) in [6.45, 7) is 4.38. The number of unbranched alkanes of at least 4 members (excludes halogenated alkanes) is 1. The molecule has 4 rings (SSSR count). The largest absolute Gasteiger partial charge is 0.268 e. The summed E-state index contributed by atoms with van der Waals surface area (Å²) in [6.07, 6.45) is 3.31. The van der Waals surface area contributed by atoms with Crippen molar-refractivity contribution in [2.45, 2.75) is 31.6 Å². The number of hydrogen-bond donors (Lipinski definition) is 0. The summed E-state index contributed by atoms with van der Waals surface area (Å²) in [6, 6.07) is 9.39. The Balaban J connectivity index is 2.03. The number of nitrogens with zero attached hydrogens (tertiary/aromatic N) is 4. The third-order valence-electron chi connectivity index (χ3n) is 4.25. The van der Waals surface area contributed by atoms with E-state index in [0.29, 0.717) is 23.6 Å². The highest BCUT2D eigenvalue weighted by molar-refractivity contribution is 7.93. The fourth-order valence-corrected chi connectivity index (χ4v) is 4.75. The lowest BCUT2D eigenvalue weighted by atomic mass is 10.1. The SMILES string of the molecule is CCCCN1c2ccccc2-c2nc3cc(C)nn3cc2S1(=O)=O. The Morgan fingerprint density at radius 1 is 1.21 bits per heavy atom. The van der Waals surface area contributed by atoms with Gasteiger partial charge in [0.05, 0.1) is 23.3 Å². The van der Waals surface area contributed by atoms with E-state index < -0.39 is 10.0 Å². The Labute approximate surface area is 140 Å². The molecule has 3 heterocycles. The molecule has 0 N–H and O–H groups in total. The topological polar surface area (TPSA) is 67.6 Å². The minimum Gasteiger partial charge on any atom is -0.266 e. The van der Waals surface area contributed by atoms with Gasteiger partial charge in [0, 0.05) is 18.2 Å². The van der Waals surface area contributed by atoms with Crippen LogP contribution in [0.1, 0.15) is 25.5 Å². The van der Waals surface area contributed by atoms with Gasteiger partial charge in [0.1, 0.15) is 4.90 Å². The first-order chi connectivity index (χ1) is 11.5. The van der Waals surface area contributed by atoms with Crippen molar-refractivity contribution in [3.8, 4) is 11.3 Å².